The zero-order valence-corrected chi connectivity index (χ0v) is 10.8. The van der Waals surface area contributed by atoms with Crippen molar-refractivity contribution in [2.75, 3.05) is 6.54 Å². The Hall–Kier alpha value is -0.860. The SMILES string of the molecule is [O-][NH+]1CC[C@]23CCCC[C@H]2[C@H]1Cc1ccccc13. The molecule has 1 heterocycles. The summed E-state index contributed by atoms with van der Waals surface area (Å²) in [5.74, 6) is 0.655. The number of hydroxylamine groups is 2. The summed E-state index contributed by atoms with van der Waals surface area (Å²) in [7, 11) is 0. The van der Waals surface area contributed by atoms with Gasteiger partial charge in [-0.1, -0.05) is 37.1 Å². The van der Waals surface area contributed by atoms with Gasteiger partial charge in [-0.25, -0.2) is 0 Å². The van der Waals surface area contributed by atoms with Crippen molar-refractivity contribution in [1.29, 1.82) is 0 Å². The Morgan fingerprint density at radius 3 is 3.00 bits per heavy atom. The number of benzene rings is 1. The average Bonchev–Trinajstić information content (AvgIpc) is 2.43. The number of fused-ring (bicyclic) bond motifs is 1. The van der Waals surface area contributed by atoms with Crippen molar-refractivity contribution in [2.45, 2.75) is 50.0 Å². The van der Waals surface area contributed by atoms with Crippen LogP contribution in [0.3, 0.4) is 0 Å². The molecule has 96 valence electrons. The molecule has 0 aromatic heterocycles. The summed E-state index contributed by atoms with van der Waals surface area (Å²) >= 11 is 0. The van der Waals surface area contributed by atoms with Crippen LogP contribution in [0.1, 0.15) is 43.2 Å². The molecule has 1 N–H and O–H groups in total. The van der Waals surface area contributed by atoms with Gasteiger partial charge >= 0.3 is 0 Å². The normalized spacial score (nSPS) is 41.9. The Morgan fingerprint density at radius 1 is 1.17 bits per heavy atom. The summed E-state index contributed by atoms with van der Waals surface area (Å²) in [5.41, 5.74) is 3.43. The van der Waals surface area contributed by atoms with Gasteiger partial charge in [0, 0.05) is 24.2 Å². The summed E-state index contributed by atoms with van der Waals surface area (Å²) in [6.45, 7) is 0.829. The van der Waals surface area contributed by atoms with Crippen LogP contribution >= 0.6 is 0 Å². The highest BCUT2D eigenvalue weighted by Gasteiger charge is 2.54. The lowest BCUT2D eigenvalue weighted by Crippen LogP contribution is -3.15. The molecule has 1 aliphatic heterocycles. The molecule has 1 saturated heterocycles. The smallest absolute Gasteiger partial charge is 0.0949 e. The van der Waals surface area contributed by atoms with Crippen molar-refractivity contribution in [2.24, 2.45) is 5.92 Å². The van der Waals surface area contributed by atoms with Gasteiger partial charge in [-0.3, -0.25) is 0 Å². The molecule has 2 bridgehead atoms. The van der Waals surface area contributed by atoms with E-state index in [4.69, 9.17) is 0 Å². The summed E-state index contributed by atoms with van der Waals surface area (Å²) in [6.07, 6.45) is 7.42. The van der Waals surface area contributed by atoms with Gasteiger partial charge < -0.3 is 10.3 Å². The van der Waals surface area contributed by atoms with E-state index < -0.39 is 0 Å². The van der Waals surface area contributed by atoms with Gasteiger partial charge in [-0.2, -0.15) is 0 Å². The van der Waals surface area contributed by atoms with Crippen LogP contribution in [0.5, 0.6) is 0 Å². The summed E-state index contributed by atoms with van der Waals surface area (Å²) < 4.78 is 0. The van der Waals surface area contributed by atoms with Crippen molar-refractivity contribution in [3.8, 4) is 0 Å². The first-order valence-electron chi connectivity index (χ1n) is 7.42. The molecular weight excluding hydrogens is 222 g/mol. The van der Waals surface area contributed by atoms with Crippen LogP contribution < -0.4 is 5.06 Å². The maximum atomic E-state index is 12.3. The number of hydrogen-bond donors (Lipinski definition) is 1. The van der Waals surface area contributed by atoms with Crippen LogP contribution in [0, 0.1) is 11.1 Å². The van der Waals surface area contributed by atoms with Gasteiger partial charge in [-0.05, 0) is 24.0 Å². The number of hydrogen-bond acceptors (Lipinski definition) is 1. The number of piperidine rings is 1. The predicted octanol–water partition coefficient (Wildman–Crippen LogP) is 1.83. The standard InChI is InChI=1S/C16H21NO/c18-17-10-9-16-8-4-3-7-14(16)15(17)11-12-5-1-2-6-13(12)16/h1-2,5-6,14-15,17H,3-4,7-11H2/t14-,15+,16-/m0/s1. The van der Waals surface area contributed by atoms with Crippen molar-refractivity contribution in [1.82, 2.24) is 0 Å². The van der Waals surface area contributed by atoms with Crippen molar-refractivity contribution < 1.29 is 5.06 Å². The molecule has 1 saturated carbocycles. The number of quaternary nitrogens is 1. The van der Waals surface area contributed by atoms with E-state index in [0.29, 0.717) is 22.4 Å². The molecule has 2 aliphatic carbocycles. The van der Waals surface area contributed by atoms with Crippen LogP contribution in [-0.4, -0.2) is 12.6 Å². The Labute approximate surface area is 109 Å². The minimum Gasteiger partial charge on any atom is -0.634 e. The molecule has 0 radical (unpaired) electrons. The lowest BCUT2D eigenvalue weighted by molar-refractivity contribution is -0.889. The van der Waals surface area contributed by atoms with Gasteiger partial charge in [0.25, 0.3) is 0 Å². The third-order valence-electron chi connectivity index (χ3n) is 5.81. The van der Waals surface area contributed by atoms with E-state index in [9.17, 15) is 5.21 Å². The molecule has 18 heavy (non-hydrogen) atoms. The first kappa shape index (κ1) is 11.0. The first-order chi connectivity index (χ1) is 8.81. The lowest BCUT2D eigenvalue weighted by atomic mass is 9.53. The second kappa shape index (κ2) is 3.82. The van der Waals surface area contributed by atoms with Gasteiger partial charge in [0.05, 0.1) is 12.6 Å². The van der Waals surface area contributed by atoms with Crippen molar-refractivity contribution >= 4 is 0 Å². The monoisotopic (exact) mass is 243 g/mol. The van der Waals surface area contributed by atoms with Crippen LogP contribution in [0.2, 0.25) is 0 Å². The van der Waals surface area contributed by atoms with Crippen LogP contribution in [0.4, 0.5) is 0 Å². The highest BCUT2D eigenvalue weighted by Crippen LogP contribution is 2.52. The zero-order valence-electron chi connectivity index (χ0n) is 10.8. The molecule has 4 rings (SSSR count). The van der Waals surface area contributed by atoms with Crippen molar-refractivity contribution in [3.63, 3.8) is 0 Å². The van der Waals surface area contributed by atoms with E-state index in [1.54, 1.807) is 5.56 Å². The van der Waals surface area contributed by atoms with Crippen LogP contribution in [0.25, 0.3) is 0 Å². The maximum Gasteiger partial charge on any atom is 0.0949 e. The van der Waals surface area contributed by atoms with E-state index >= 15 is 0 Å². The molecule has 2 nitrogen and oxygen atoms in total. The fourth-order valence-corrected chi connectivity index (χ4v) is 5.07. The summed E-state index contributed by atoms with van der Waals surface area (Å²) in [5, 5.41) is 12.8. The third-order valence-corrected chi connectivity index (χ3v) is 5.81. The fraction of sp³-hybridized carbons (Fsp3) is 0.625. The second-order valence-electron chi connectivity index (χ2n) is 6.44. The van der Waals surface area contributed by atoms with Crippen LogP contribution in [0.15, 0.2) is 24.3 Å². The highest BCUT2D eigenvalue weighted by molar-refractivity contribution is 5.40. The molecule has 2 heteroatoms. The zero-order chi connectivity index (χ0) is 12.2. The average molecular weight is 243 g/mol. The van der Waals surface area contributed by atoms with Gasteiger partial charge in [0.15, 0.2) is 0 Å². The maximum absolute atomic E-state index is 12.3. The fourth-order valence-electron chi connectivity index (χ4n) is 5.07. The molecule has 1 aromatic rings. The van der Waals surface area contributed by atoms with Crippen molar-refractivity contribution in [3.05, 3.63) is 40.6 Å². The minimum atomic E-state index is 0.342. The Morgan fingerprint density at radius 2 is 2.06 bits per heavy atom. The van der Waals surface area contributed by atoms with E-state index in [-0.39, 0.29) is 0 Å². The Bertz CT molecular complexity index is 472. The molecule has 1 aromatic carbocycles. The first-order valence-corrected chi connectivity index (χ1v) is 7.42. The third kappa shape index (κ3) is 1.31. The minimum absolute atomic E-state index is 0.342. The highest BCUT2D eigenvalue weighted by atomic mass is 16.5. The Kier molecular flexibility index (Phi) is 2.33. The molecule has 1 unspecified atom stereocenters. The molecular formula is C16H21NO. The van der Waals surface area contributed by atoms with E-state index in [2.05, 4.69) is 24.3 Å². The van der Waals surface area contributed by atoms with E-state index in [1.807, 2.05) is 0 Å². The van der Waals surface area contributed by atoms with Gasteiger partial charge in [-0.15, -0.1) is 0 Å². The predicted molar refractivity (Wildman–Crippen MR) is 71.4 cm³/mol. The summed E-state index contributed by atoms with van der Waals surface area (Å²) in [6, 6.07) is 9.27. The van der Waals surface area contributed by atoms with E-state index in [0.717, 1.165) is 19.4 Å². The Balaban J connectivity index is 1.90. The number of rotatable bonds is 0. The largest absolute Gasteiger partial charge is 0.634 e. The van der Waals surface area contributed by atoms with Crippen LogP contribution in [-0.2, 0) is 11.8 Å². The molecule has 4 atom stereocenters. The van der Waals surface area contributed by atoms with Gasteiger partial charge in [0.1, 0.15) is 0 Å². The summed E-state index contributed by atoms with van der Waals surface area (Å²) in [4.78, 5) is 0. The van der Waals surface area contributed by atoms with Gasteiger partial charge in [0.2, 0.25) is 0 Å². The lowest BCUT2D eigenvalue weighted by Gasteiger charge is -2.58. The number of nitrogens with one attached hydrogen (secondary N) is 1. The molecule has 0 amide bonds. The topological polar surface area (TPSA) is 27.5 Å². The second-order valence-corrected chi connectivity index (χ2v) is 6.44. The quantitative estimate of drug-likeness (QED) is 0.692. The molecule has 0 spiro atoms. The molecule has 2 fully saturated rings. The van der Waals surface area contributed by atoms with E-state index in [1.165, 1.54) is 31.2 Å². The molecule has 3 aliphatic rings.